The standard InChI is InChI=1S/C10H21ClO/c1-5-9(4)12-7-10(6-11)8(2)3/h8-10H,5-7H2,1-4H3. The Hall–Kier alpha value is 0.250. The average molecular weight is 193 g/mol. The molecule has 1 nitrogen and oxygen atoms in total. The van der Waals surface area contributed by atoms with Crippen LogP contribution >= 0.6 is 11.6 Å². The van der Waals surface area contributed by atoms with Crippen LogP contribution in [-0.4, -0.2) is 18.6 Å². The highest BCUT2D eigenvalue weighted by molar-refractivity contribution is 6.18. The SMILES string of the molecule is CCC(C)OCC(CCl)C(C)C. The molecule has 0 amide bonds. The zero-order chi connectivity index (χ0) is 9.56. The van der Waals surface area contributed by atoms with Crippen molar-refractivity contribution in [2.75, 3.05) is 12.5 Å². The summed E-state index contributed by atoms with van der Waals surface area (Å²) in [7, 11) is 0. The van der Waals surface area contributed by atoms with Gasteiger partial charge in [-0.1, -0.05) is 20.8 Å². The van der Waals surface area contributed by atoms with E-state index >= 15 is 0 Å². The van der Waals surface area contributed by atoms with Crippen LogP contribution in [0.2, 0.25) is 0 Å². The lowest BCUT2D eigenvalue weighted by Gasteiger charge is -2.20. The van der Waals surface area contributed by atoms with Crippen molar-refractivity contribution in [1.82, 2.24) is 0 Å². The minimum Gasteiger partial charge on any atom is -0.378 e. The van der Waals surface area contributed by atoms with E-state index in [9.17, 15) is 0 Å². The summed E-state index contributed by atoms with van der Waals surface area (Å²) < 4.78 is 5.62. The van der Waals surface area contributed by atoms with Gasteiger partial charge in [-0.15, -0.1) is 11.6 Å². The summed E-state index contributed by atoms with van der Waals surface area (Å²) in [5, 5.41) is 0. The third-order valence-electron chi connectivity index (χ3n) is 2.31. The molecule has 2 atom stereocenters. The molecule has 0 aliphatic carbocycles. The van der Waals surface area contributed by atoms with Crippen LogP contribution in [0.5, 0.6) is 0 Å². The van der Waals surface area contributed by atoms with Gasteiger partial charge < -0.3 is 4.74 Å². The van der Waals surface area contributed by atoms with Crippen LogP contribution in [0.4, 0.5) is 0 Å². The van der Waals surface area contributed by atoms with Crippen LogP contribution < -0.4 is 0 Å². The van der Waals surface area contributed by atoms with E-state index in [0.29, 0.717) is 23.8 Å². The Morgan fingerprint density at radius 1 is 1.25 bits per heavy atom. The van der Waals surface area contributed by atoms with Crippen LogP contribution in [0.15, 0.2) is 0 Å². The smallest absolute Gasteiger partial charge is 0.0544 e. The van der Waals surface area contributed by atoms with Gasteiger partial charge in [-0.05, 0) is 25.2 Å². The lowest BCUT2D eigenvalue weighted by atomic mass is 9.99. The Kier molecular flexibility index (Phi) is 6.87. The van der Waals surface area contributed by atoms with Crippen molar-refractivity contribution in [3.8, 4) is 0 Å². The van der Waals surface area contributed by atoms with E-state index < -0.39 is 0 Å². The molecule has 0 saturated carbocycles. The third kappa shape index (κ3) is 5.00. The second-order valence-electron chi connectivity index (χ2n) is 3.71. The molecule has 0 fully saturated rings. The quantitative estimate of drug-likeness (QED) is 0.587. The summed E-state index contributed by atoms with van der Waals surface area (Å²) in [4.78, 5) is 0. The van der Waals surface area contributed by atoms with E-state index in [2.05, 4.69) is 27.7 Å². The van der Waals surface area contributed by atoms with Crippen molar-refractivity contribution < 1.29 is 4.74 Å². The van der Waals surface area contributed by atoms with Crippen molar-refractivity contribution in [2.45, 2.75) is 40.2 Å². The van der Waals surface area contributed by atoms with E-state index in [-0.39, 0.29) is 0 Å². The van der Waals surface area contributed by atoms with Crippen LogP contribution in [0, 0.1) is 11.8 Å². The van der Waals surface area contributed by atoms with Gasteiger partial charge in [0.25, 0.3) is 0 Å². The monoisotopic (exact) mass is 192 g/mol. The Bertz CT molecular complexity index is 104. The maximum Gasteiger partial charge on any atom is 0.0544 e. The highest BCUT2D eigenvalue weighted by Crippen LogP contribution is 2.14. The van der Waals surface area contributed by atoms with Gasteiger partial charge in [0, 0.05) is 5.88 Å². The highest BCUT2D eigenvalue weighted by Gasteiger charge is 2.13. The molecule has 74 valence electrons. The topological polar surface area (TPSA) is 9.23 Å². The Balaban J connectivity index is 3.58. The Labute approximate surface area is 81.4 Å². The van der Waals surface area contributed by atoms with Crippen molar-refractivity contribution in [3.05, 3.63) is 0 Å². The molecule has 0 aromatic heterocycles. The van der Waals surface area contributed by atoms with Crippen molar-refractivity contribution in [3.63, 3.8) is 0 Å². The molecule has 0 aliphatic heterocycles. The molecular formula is C10H21ClO. The number of rotatable bonds is 6. The molecule has 2 unspecified atom stereocenters. The van der Waals surface area contributed by atoms with Gasteiger partial charge in [0.05, 0.1) is 12.7 Å². The van der Waals surface area contributed by atoms with E-state index in [4.69, 9.17) is 16.3 Å². The van der Waals surface area contributed by atoms with Crippen molar-refractivity contribution in [1.29, 1.82) is 0 Å². The lowest BCUT2D eigenvalue weighted by molar-refractivity contribution is 0.0328. The highest BCUT2D eigenvalue weighted by atomic mass is 35.5. The molecule has 0 N–H and O–H groups in total. The summed E-state index contributed by atoms with van der Waals surface area (Å²) in [5.41, 5.74) is 0. The molecule has 0 aromatic rings. The minimum absolute atomic E-state index is 0.370. The van der Waals surface area contributed by atoms with Crippen molar-refractivity contribution in [2.24, 2.45) is 11.8 Å². The zero-order valence-electron chi connectivity index (χ0n) is 8.64. The first-order valence-electron chi connectivity index (χ1n) is 4.79. The van der Waals surface area contributed by atoms with Crippen LogP contribution in [0.25, 0.3) is 0 Å². The molecule has 0 radical (unpaired) electrons. The van der Waals surface area contributed by atoms with Gasteiger partial charge in [-0.2, -0.15) is 0 Å². The first kappa shape index (κ1) is 12.2. The predicted molar refractivity (Wildman–Crippen MR) is 54.8 cm³/mol. The molecule has 12 heavy (non-hydrogen) atoms. The third-order valence-corrected chi connectivity index (χ3v) is 2.71. The summed E-state index contributed by atoms with van der Waals surface area (Å²) in [5.74, 6) is 1.82. The first-order valence-corrected chi connectivity index (χ1v) is 5.32. The Morgan fingerprint density at radius 2 is 1.83 bits per heavy atom. The molecule has 0 bridgehead atoms. The summed E-state index contributed by atoms with van der Waals surface area (Å²) in [6, 6.07) is 0. The number of hydrogen-bond donors (Lipinski definition) is 0. The van der Waals surface area contributed by atoms with Gasteiger partial charge in [0.2, 0.25) is 0 Å². The molecule has 0 aromatic carbocycles. The maximum atomic E-state index is 5.81. The lowest BCUT2D eigenvalue weighted by Crippen LogP contribution is -2.20. The van der Waals surface area contributed by atoms with Gasteiger partial charge >= 0.3 is 0 Å². The zero-order valence-corrected chi connectivity index (χ0v) is 9.40. The summed E-state index contributed by atoms with van der Waals surface area (Å²) in [6.07, 6.45) is 1.45. The summed E-state index contributed by atoms with van der Waals surface area (Å²) in [6.45, 7) is 9.41. The fraction of sp³-hybridized carbons (Fsp3) is 1.00. The summed E-state index contributed by atoms with van der Waals surface area (Å²) >= 11 is 5.81. The fourth-order valence-corrected chi connectivity index (χ4v) is 1.27. The second kappa shape index (κ2) is 6.73. The van der Waals surface area contributed by atoms with Crippen LogP contribution in [0.3, 0.4) is 0 Å². The average Bonchev–Trinajstić information content (AvgIpc) is 2.04. The first-order chi connectivity index (χ1) is 5.61. The van der Waals surface area contributed by atoms with Gasteiger partial charge in [0.15, 0.2) is 0 Å². The molecule has 0 rings (SSSR count). The van der Waals surface area contributed by atoms with Gasteiger partial charge in [0.1, 0.15) is 0 Å². The minimum atomic E-state index is 0.370. The van der Waals surface area contributed by atoms with Crippen molar-refractivity contribution >= 4 is 11.6 Å². The molecule has 0 saturated heterocycles. The Morgan fingerprint density at radius 3 is 2.17 bits per heavy atom. The van der Waals surface area contributed by atoms with Gasteiger partial charge in [-0.3, -0.25) is 0 Å². The van der Waals surface area contributed by atoms with E-state index in [0.717, 1.165) is 13.0 Å². The normalized spacial score (nSPS) is 16.5. The predicted octanol–water partition coefficient (Wildman–Crippen LogP) is 3.31. The molecule has 0 spiro atoms. The van der Waals surface area contributed by atoms with E-state index in [1.165, 1.54) is 0 Å². The fourth-order valence-electron chi connectivity index (χ4n) is 0.821. The molecule has 0 aliphatic rings. The number of alkyl halides is 1. The number of ether oxygens (including phenoxy) is 1. The maximum absolute atomic E-state index is 5.81. The van der Waals surface area contributed by atoms with Crippen LogP contribution in [-0.2, 0) is 4.74 Å². The largest absolute Gasteiger partial charge is 0.378 e. The molecule has 0 heterocycles. The second-order valence-corrected chi connectivity index (χ2v) is 4.02. The number of hydrogen-bond acceptors (Lipinski definition) is 1. The molecule has 2 heteroatoms. The van der Waals surface area contributed by atoms with E-state index in [1.54, 1.807) is 0 Å². The molecular weight excluding hydrogens is 172 g/mol. The van der Waals surface area contributed by atoms with E-state index in [1.807, 2.05) is 0 Å². The number of halogens is 1. The van der Waals surface area contributed by atoms with Gasteiger partial charge in [-0.25, -0.2) is 0 Å². The van der Waals surface area contributed by atoms with Crippen LogP contribution in [0.1, 0.15) is 34.1 Å².